The third-order valence-electron chi connectivity index (χ3n) is 5.22. The van der Waals surface area contributed by atoms with Crippen LogP contribution in [-0.4, -0.2) is 64.9 Å². The molecule has 2 amide bonds. The van der Waals surface area contributed by atoms with E-state index in [0.29, 0.717) is 55.4 Å². The second kappa shape index (κ2) is 9.67. The molecule has 0 aliphatic carbocycles. The molecule has 0 bridgehead atoms. The zero-order valence-electron chi connectivity index (χ0n) is 18.3. The third kappa shape index (κ3) is 5.25. The summed E-state index contributed by atoms with van der Waals surface area (Å²) in [7, 11) is 0. The largest absolute Gasteiger partial charge is 0.452 e. The Morgan fingerprint density at radius 2 is 1.87 bits per heavy atom. The van der Waals surface area contributed by atoms with E-state index in [2.05, 4.69) is 10.5 Å². The second-order valence-corrected chi connectivity index (χ2v) is 7.52. The Labute approximate surface area is 180 Å². The minimum Gasteiger partial charge on any atom is -0.452 e. The fourth-order valence-electron chi connectivity index (χ4n) is 3.68. The van der Waals surface area contributed by atoms with E-state index in [1.54, 1.807) is 42.4 Å². The first-order chi connectivity index (χ1) is 14.8. The van der Waals surface area contributed by atoms with Gasteiger partial charge in [-0.25, -0.2) is 9.59 Å². The van der Waals surface area contributed by atoms with Gasteiger partial charge in [-0.05, 0) is 46.6 Å². The predicted octanol–water partition coefficient (Wildman–Crippen LogP) is 2.28. The summed E-state index contributed by atoms with van der Waals surface area (Å²) in [6.07, 6.45) is 0.910. The standard InChI is InChI=1S/C21H28N4O6/c1-5-29-21(28)24-8-6-16(7-9-24)22-19(26)12-30-20(27)17-10-13(2)25(15(17)4)18-11-14(3)31-23-18/h10-11,16H,5-9,12H2,1-4H3,(H,22,26). The van der Waals surface area contributed by atoms with Gasteiger partial charge in [0.2, 0.25) is 0 Å². The quantitative estimate of drug-likeness (QED) is 0.696. The number of nitrogens with one attached hydrogen (secondary N) is 1. The molecule has 3 rings (SSSR count). The fourth-order valence-corrected chi connectivity index (χ4v) is 3.68. The molecule has 0 saturated carbocycles. The molecule has 0 unspecified atom stereocenters. The highest BCUT2D eigenvalue weighted by atomic mass is 16.6. The number of nitrogens with zero attached hydrogens (tertiary/aromatic N) is 3. The number of carbonyl (C=O) groups is 3. The van der Waals surface area contributed by atoms with Crippen LogP contribution < -0.4 is 5.32 Å². The molecule has 168 valence electrons. The monoisotopic (exact) mass is 432 g/mol. The van der Waals surface area contributed by atoms with E-state index >= 15 is 0 Å². The smallest absolute Gasteiger partial charge is 0.409 e. The molecular formula is C21H28N4O6. The summed E-state index contributed by atoms with van der Waals surface area (Å²) in [6.45, 7) is 8.17. The summed E-state index contributed by atoms with van der Waals surface area (Å²) in [4.78, 5) is 38.1. The Morgan fingerprint density at radius 1 is 1.16 bits per heavy atom. The van der Waals surface area contributed by atoms with Gasteiger partial charge in [0.25, 0.3) is 5.91 Å². The average molecular weight is 432 g/mol. The number of likely N-dealkylation sites (tertiary alicyclic amines) is 1. The molecular weight excluding hydrogens is 404 g/mol. The van der Waals surface area contributed by atoms with Crippen LogP contribution in [0.1, 0.15) is 47.3 Å². The van der Waals surface area contributed by atoms with Crippen LogP contribution in [-0.2, 0) is 14.3 Å². The molecule has 31 heavy (non-hydrogen) atoms. The van der Waals surface area contributed by atoms with E-state index in [1.807, 2.05) is 6.92 Å². The van der Waals surface area contributed by atoms with Crippen LogP contribution in [0.4, 0.5) is 4.79 Å². The molecule has 1 saturated heterocycles. The summed E-state index contributed by atoms with van der Waals surface area (Å²) in [5.74, 6) is 0.297. The molecule has 2 aromatic rings. The van der Waals surface area contributed by atoms with E-state index < -0.39 is 5.97 Å². The third-order valence-corrected chi connectivity index (χ3v) is 5.22. The van der Waals surface area contributed by atoms with Gasteiger partial charge in [0.1, 0.15) is 5.76 Å². The van der Waals surface area contributed by atoms with Crippen LogP contribution in [0.15, 0.2) is 16.7 Å². The van der Waals surface area contributed by atoms with E-state index in [1.165, 1.54) is 0 Å². The molecule has 0 aromatic carbocycles. The number of esters is 1. The molecule has 0 atom stereocenters. The normalized spacial score (nSPS) is 14.4. The van der Waals surface area contributed by atoms with Crippen LogP contribution in [0, 0.1) is 20.8 Å². The van der Waals surface area contributed by atoms with Crippen molar-refractivity contribution in [3.8, 4) is 5.82 Å². The van der Waals surface area contributed by atoms with Crippen molar-refractivity contribution in [2.75, 3.05) is 26.3 Å². The van der Waals surface area contributed by atoms with Gasteiger partial charge in [-0.3, -0.25) is 9.36 Å². The molecule has 0 radical (unpaired) electrons. The highest BCUT2D eigenvalue weighted by molar-refractivity contribution is 5.93. The first kappa shape index (κ1) is 22.4. The zero-order chi connectivity index (χ0) is 22.5. The first-order valence-electron chi connectivity index (χ1n) is 10.3. The number of rotatable bonds is 6. The minimum atomic E-state index is -0.577. The molecule has 2 aromatic heterocycles. The van der Waals surface area contributed by atoms with Gasteiger partial charge >= 0.3 is 12.1 Å². The van der Waals surface area contributed by atoms with Crippen LogP contribution in [0.5, 0.6) is 0 Å². The highest BCUT2D eigenvalue weighted by Crippen LogP contribution is 2.21. The highest BCUT2D eigenvalue weighted by Gasteiger charge is 2.25. The Hall–Kier alpha value is -3.30. The summed E-state index contributed by atoms with van der Waals surface area (Å²) < 4.78 is 17.1. The van der Waals surface area contributed by atoms with Crippen molar-refractivity contribution < 1.29 is 28.4 Å². The first-order valence-corrected chi connectivity index (χ1v) is 10.3. The summed E-state index contributed by atoms with van der Waals surface area (Å²) >= 11 is 0. The second-order valence-electron chi connectivity index (χ2n) is 7.52. The van der Waals surface area contributed by atoms with Gasteiger partial charge in [0.05, 0.1) is 12.2 Å². The van der Waals surface area contributed by atoms with Crippen molar-refractivity contribution >= 4 is 18.0 Å². The van der Waals surface area contributed by atoms with Crippen LogP contribution in [0.3, 0.4) is 0 Å². The predicted molar refractivity (Wildman–Crippen MR) is 110 cm³/mol. The molecule has 1 aliphatic heterocycles. The molecule has 1 aliphatic rings. The maximum Gasteiger partial charge on any atom is 0.409 e. The van der Waals surface area contributed by atoms with E-state index in [-0.39, 0.29) is 24.6 Å². The van der Waals surface area contributed by atoms with Crippen molar-refractivity contribution in [3.63, 3.8) is 0 Å². The number of hydrogen-bond donors (Lipinski definition) is 1. The number of aromatic nitrogens is 2. The lowest BCUT2D eigenvalue weighted by Crippen LogP contribution is -2.47. The lowest BCUT2D eigenvalue weighted by molar-refractivity contribution is -0.125. The summed E-state index contributed by atoms with van der Waals surface area (Å²) in [6, 6.07) is 3.40. The molecule has 1 fully saturated rings. The number of hydrogen-bond acceptors (Lipinski definition) is 7. The fraction of sp³-hybridized carbons (Fsp3) is 0.524. The lowest BCUT2D eigenvalue weighted by Gasteiger charge is -2.31. The Kier molecular flexibility index (Phi) is 6.98. The summed E-state index contributed by atoms with van der Waals surface area (Å²) in [5.41, 5.74) is 1.83. The van der Waals surface area contributed by atoms with Gasteiger partial charge in [-0.2, -0.15) is 0 Å². The van der Waals surface area contributed by atoms with E-state index in [0.717, 1.165) is 5.69 Å². The number of amides is 2. The molecule has 10 nitrogen and oxygen atoms in total. The zero-order valence-corrected chi connectivity index (χ0v) is 18.3. The lowest BCUT2D eigenvalue weighted by atomic mass is 10.1. The number of ether oxygens (including phenoxy) is 2. The SMILES string of the molecule is CCOC(=O)N1CCC(NC(=O)COC(=O)c2cc(C)n(-c3cc(C)on3)c2C)CC1. The van der Waals surface area contributed by atoms with Gasteiger partial charge in [-0.1, -0.05) is 5.16 Å². The van der Waals surface area contributed by atoms with Crippen molar-refractivity contribution in [2.24, 2.45) is 0 Å². The average Bonchev–Trinajstić information content (AvgIpc) is 3.29. The van der Waals surface area contributed by atoms with Crippen molar-refractivity contribution in [3.05, 3.63) is 34.8 Å². The maximum absolute atomic E-state index is 12.5. The number of carbonyl (C=O) groups excluding carboxylic acids is 3. The molecule has 10 heteroatoms. The topological polar surface area (TPSA) is 116 Å². The van der Waals surface area contributed by atoms with Crippen LogP contribution in [0.2, 0.25) is 0 Å². The Morgan fingerprint density at radius 3 is 2.48 bits per heavy atom. The molecule has 0 spiro atoms. The minimum absolute atomic E-state index is 0.0719. The maximum atomic E-state index is 12.5. The van der Waals surface area contributed by atoms with Gasteiger partial charge < -0.3 is 24.2 Å². The van der Waals surface area contributed by atoms with E-state index in [4.69, 9.17) is 14.0 Å². The van der Waals surface area contributed by atoms with Crippen molar-refractivity contribution in [2.45, 2.75) is 46.6 Å². The van der Waals surface area contributed by atoms with Gasteiger partial charge in [0.15, 0.2) is 12.4 Å². The van der Waals surface area contributed by atoms with Crippen LogP contribution in [0.25, 0.3) is 5.82 Å². The van der Waals surface area contributed by atoms with E-state index in [9.17, 15) is 14.4 Å². The molecule has 1 N–H and O–H groups in total. The van der Waals surface area contributed by atoms with Gasteiger partial charge in [-0.15, -0.1) is 0 Å². The van der Waals surface area contributed by atoms with Gasteiger partial charge in [0, 0.05) is 36.6 Å². The van der Waals surface area contributed by atoms with Crippen molar-refractivity contribution in [1.82, 2.24) is 19.9 Å². The van der Waals surface area contributed by atoms with Crippen LogP contribution >= 0.6 is 0 Å². The summed E-state index contributed by atoms with van der Waals surface area (Å²) in [5, 5.41) is 6.84. The van der Waals surface area contributed by atoms with Crippen molar-refractivity contribution in [1.29, 1.82) is 0 Å². The number of aryl methyl sites for hydroxylation is 2. The Balaban J connectivity index is 1.50. The molecule has 3 heterocycles. The Bertz CT molecular complexity index is 955. The number of piperidine rings is 1.